The average molecular weight is 372 g/mol. The minimum atomic E-state index is 0.127. The maximum Gasteiger partial charge on any atom is 0.254 e. The lowest BCUT2D eigenvalue weighted by Gasteiger charge is -2.31. The van der Waals surface area contributed by atoms with E-state index in [1.54, 1.807) is 6.07 Å². The molecule has 21 heavy (non-hydrogen) atoms. The summed E-state index contributed by atoms with van der Waals surface area (Å²) in [6, 6.07) is 6.30. The van der Waals surface area contributed by atoms with Gasteiger partial charge in [0.2, 0.25) is 0 Å². The minimum absolute atomic E-state index is 0.127. The molecule has 1 aromatic carbocycles. The molecule has 2 fully saturated rings. The van der Waals surface area contributed by atoms with E-state index >= 15 is 0 Å². The van der Waals surface area contributed by atoms with Crippen LogP contribution in [0.1, 0.15) is 42.5 Å². The number of nitrogens with zero attached hydrogens (tertiary/aromatic N) is 1. The summed E-state index contributed by atoms with van der Waals surface area (Å²) in [4.78, 5) is 14.9. The average Bonchev–Trinajstić information content (AvgIpc) is 3.33. The van der Waals surface area contributed by atoms with Crippen molar-refractivity contribution in [2.75, 3.05) is 13.1 Å². The Bertz CT molecular complexity index is 527. The highest BCUT2D eigenvalue weighted by atomic mass is 79.9. The van der Waals surface area contributed by atoms with Crippen LogP contribution < -0.4 is 5.32 Å². The van der Waals surface area contributed by atoms with E-state index in [0.717, 1.165) is 30.4 Å². The van der Waals surface area contributed by atoms with Crippen molar-refractivity contribution in [2.24, 2.45) is 0 Å². The Labute approximate surface area is 139 Å². The molecule has 1 unspecified atom stereocenters. The lowest BCUT2D eigenvalue weighted by Crippen LogP contribution is -2.46. The van der Waals surface area contributed by atoms with Gasteiger partial charge >= 0.3 is 0 Å². The zero-order valence-electron chi connectivity index (χ0n) is 11.9. The van der Waals surface area contributed by atoms with E-state index < -0.39 is 0 Å². The molecule has 1 aliphatic heterocycles. The third kappa shape index (κ3) is 3.79. The van der Waals surface area contributed by atoms with Gasteiger partial charge in [-0.15, -0.1) is 0 Å². The molecule has 1 N–H and O–H groups in total. The van der Waals surface area contributed by atoms with Crippen LogP contribution in [0.25, 0.3) is 0 Å². The van der Waals surface area contributed by atoms with Crippen LogP contribution in [-0.4, -0.2) is 36.0 Å². The number of nitrogens with one attached hydrogen (secondary N) is 1. The number of piperidine rings is 1. The van der Waals surface area contributed by atoms with Crippen molar-refractivity contribution in [3.8, 4) is 0 Å². The Morgan fingerprint density at radius 2 is 2.14 bits per heavy atom. The molecule has 114 valence electrons. The summed E-state index contributed by atoms with van der Waals surface area (Å²) in [5.74, 6) is 0.127. The summed E-state index contributed by atoms with van der Waals surface area (Å²) < 4.78 is 0.779. The van der Waals surface area contributed by atoms with Crippen LogP contribution in [0, 0.1) is 0 Å². The number of benzene rings is 1. The van der Waals surface area contributed by atoms with Crippen LogP contribution in [0.3, 0.4) is 0 Å². The van der Waals surface area contributed by atoms with Gasteiger partial charge in [0.05, 0.1) is 5.02 Å². The van der Waals surface area contributed by atoms with Gasteiger partial charge in [0.15, 0.2) is 0 Å². The molecule has 1 saturated carbocycles. The fourth-order valence-electron chi connectivity index (χ4n) is 2.90. The summed E-state index contributed by atoms with van der Waals surface area (Å²) in [6.07, 6.45) is 5.94. The monoisotopic (exact) mass is 370 g/mol. The quantitative estimate of drug-likeness (QED) is 0.872. The van der Waals surface area contributed by atoms with Gasteiger partial charge < -0.3 is 10.2 Å². The van der Waals surface area contributed by atoms with Gasteiger partial charge in [-0.1, -0.05) is 18.0 Å². The third-order valence-corrected chi connectivity index (χ3v) is 5.46. The summed E-state index contributed by atoms with van der Waals surface area (Å²) in [7, 11) is 0. The van der Waals surface area contributed by atoms with Gasteiger partial charge in [0.25, 0.3) is 5.91 Å². The van der Waals surface area contributed by atoms with Crippen LogP contribution >= 0.6 is 27.5 Å². The molecule has 1 atom stereocenters. The highest BCUT2D eigenvalue weighted by Gasteiger charge is 2.34. The van der Waals surface area contributed by atoms with Crippen molar-refractivity contribution < 1.29 is 4.79 Å². The Morgan fingerprint density at radius 3 is 2.76 bits per heavy atom. The molecule has 0 radical (unpaired) electrons. The van der Waals surface area contributed by atoms with E-state index in [1.165, 1.54) is 19.3 Å². The second-order valence-corrected chi connectivity index (χ2v) is 7.23. The molecule has 5 heteroatoms. The van der Waals surface area contributed by atoms with Crippen molar-refractivity contribution in [2.45, 2.75) is 44.2 Å². The molecule has 1 aromatic rings. The predicted octanol–water partition coefficient (Wildman–Crippen LogP) is 3.85. The zero-order valence-corrected chi connectivity index (χ0v) is 14.3. The van der Waals surface area contributed by atoms with Gasteiger partial charge in [0, 0.05) is 28.7 Å². The van der Waals surface area contributed by atoms with Gasteiger partial charge in [0.1, 0.15) is 0 Å². The van der Waals surface area contributed by atoms with Crippen molar-refractivity contribution in [1.29, 1.82) is 0 Å². The van der Waals surface area contributed by atoms with Crippen LogP contribution in [0.5, 0.6) is 0 Å². The topological polar surface area (TPSA) is 32.3 Å². The van der Waals surface area contributed by atoms with Crippen LogP contribution in [0.2, 0.25) is 5.02 Å². The van der Waals surface area contributed by atoms with Crippen molar-refractivity contribution in [1.82, 2.24) is 10.2 Å². The number of halogens is 2. The normalized spacial score (nSPS) is 22.1. The Morgan fingerprint density at radius 1 is 1.33 bits per heavy atom. The van der Waals surface area contributed by atoms with Crippen molar-refractivity contribution in [3.63, 3.8) is 0 Å². The minimum Gasteiger partial charge on any atom is -0.334 e. The van der Waals surface area contributed by atoms with E-state index in [4.69, 9.17) is 11.6 Å². The van der Waals surface area contributed by atoms with Crippen molar-refractivity contribution >= 4 is 33.4 Å². The Balaban J connectivity index is 1.73. The summed E-state index contributed by atoms with van der Waals surface area (Å²) in [6.45, 7) is 1.90. The fourth-order valence-corrected chi connectivity index (χ4v) is 3.39. The first-order valence-electron chi connectivity index (χ1n) is 7.64. The van der Waals surface area contributed by atoms with Crippen molar-refractivity contribution in [3.05, 3.63) is 33.3 Å². The van der Waals surface area contributed by atoms with Gasteiger partial charge in [-0.2, -0.15) is 0 Å². The highest BCUT2D eigenvalue weighted by Crippen LogP contribution is 2.30. The standard InChI is InChI=1S/C16H20BrClN2O/c17-14-9-11(4-7-15(14)18)16(21)20(13-5-6-13)10-12-3-1-2-8-19-12/h4,7,9,12-13,19H,1-3,5-6,8,10H2. The number of hydrogen-bond acceptors (Lipinski definition) is 2. The maximum atomic E-state index is 12.8. The fraction of sp³-hybridized carbons (Fsp3) is 0.562. The van der Waals surface area contributed by atoms with Crippen LogP contribution in [0.4, 0.5) is 0 Å². The SMILES string of the molecule is O=C(c1ccc(Cl)c(Br)c1)N(CC1CCCCN1)C1CC1. The maximum absolute atomic E-state index is 12.8. The first-order chi connectivity index (χ1) is 10.1. The van der Waals surface area contributed by atoms with E-state index in [9.17, 15) is 4.79 Å². The van der Waals surface area contributed by atoms with Gasteiger partial charge in [-0.05, 0) is 66.4 Å². The molecular formula is C16H20BrClN2O. The molecule has 0 spiro atoms. The van der Waals surface area contributed by atoms with Gasteiger partial charge in [-0.25, -0.2) is 0 Å². The van der Waals surface area contributed by atoms with Crippen LogP contribution in [-0.2, 0) is 0 Å². The smallest absolute Gasteiger partial charge is 0.254 e. The number of hydrogen-bond donors (Lipinski definition) is 1. The van der Waals surface area contributed by atoms with E-state index in [1.807, 2.05) is 12.1 Å². The number of carbonyl (C=O) groups excluding carboxylic acids is 1. The van der Waals surface area contributed by atoms with Gasteiger partial charge in [-0.3, -0.25) is 4.79 Å². The molecule has 3 rings (SSSR count). The molecule has 0 aromatic heterocycles. The molecular weight excluding hydrogens is 352 g/mol. The molecule has 1 saturated heterocycles. The summed E-state index contributed by atoms with van der Waals surface area (Å²) in [5.41, 5.74) is 0.717. The predicted molar refractivity (Wildman–Crippen MR) is 88.9 cm³/mol. The van der Waals surface area contributed by atoms with E-state index in [-0.39, 0.29) is 5.91 Å². The number of carbonyl (C=O) groups is 1. The molecule has 1 amide bonds. The highest BCUT2D eigenvalue weighted by molar-refractivity contribution is 9.10. The third-order valence-electron chi connectivity index (χ3n) is 4.24. The lowest BCUT2D eigenvalue weighted by atomic mass is 10.0. The van der Waals surface area contributed by atoms with Crippen LogP contribution in [0.15, 0.2) is 22.7 Å². The molecule has 2 aliphatic rings. The second-order valence-electron chi connectivity index (χ2n) is 5.96. The molecule has 3 nitrogen and oxygen atoms in total. The van der Waals surface area contributed by atoms with E-state index in [0.29, 0.717) is 22.7 Å². The molecule has 1 aliphatic carbocycles. The summed E-state index contributed by atoms with van der Waals surface area (Å²) >= 11 is 9.41. The number of rotatable bonds is 4. The second kappa shape index (κ2) is 6.67. The molecule has 1 heterocycles. The lowest BCUT2D eigenvalue weighted by molar-refractivity contribution is 0.0718. The first kappa shape index (κ1) is 15.3. The first-order valence-corrected chi connectivity index (χ1v) is 8.81. The van der Waals surface area contributed by atoms with E-state index in [2.05, 4.69) is 26.1 Å². The number of amides is 1. The Hall–Kier alpha value is -0.580. The molecule has 0 bridgehead atoms. The summed E-state index contributed by atoms with van der Waals surface area (Å²) in [5, 5.41) is 4.17. The largest absolute Gasteiger partial charge is 0.334 e. The zero-order chi connectivity index (χ0) is 14.8. The Kier molecular flexibility index (Phi) is 4.87.